The van der Waals surface area contributed by atoms with Crippen LogP contribution < -0.4 is 10.2 Å². The molecule has 2 N–H and O–H groups in total. The summed E-state index contributed by atoms with van der Waals surface area (Å²) in [5.41, 5.74) is 4.63. The van der Waals surface area contributed by atoms with E-state index in [1.165, 1.54) is 0 Å². The minimum absolute atomic E-state index is 0.0646. The highest BCUT2D eigenvalue weighted by atomic mass is 35.5. The Hall–Kier alpha value is -4.14. The van der Waals surface area contributed by atoms with Gasteiger partial charge in [-0.1, -0.05) is 48.0 Å². The van der Waals surface area contributed by atoms with Crippen molar-refractivity contribution >= 4 is 45.9 Å². The van der Waals surface area contributed by atoms with E-state index in [1.54, 1.807) is 0 Å². The number of piperidine rings is 1. The maximum absolute atomic E-state index is 14.5. The van der Waals surface area contributed by atoms with Gasteiger partial charge in [-0.15, -0.1) is 0 Å². The number of H-pyrrole nitrogens is 1. The van der Waals surface area contributed by atoms with Crippen LogP contribution in [0.1, 0.15) is 47.2 Å². The van der Waals surface area contributed by atoms with Crippen LogP contribution in [0, 0.1) is 11.8 Å². The number of para-hydroxylation sites is 1. The molecule has 0 spiro atoms. The molecular formula is C38H44ClN5O3. The van der Waals surface area contributed by atoms with Gasteiger partial charge < -0.3 is 25.0 Å². The number of halogens is 1. The lowest BCUT2D eigenvalue weighted by atomic mass is 9.90. The number of nitrogens with zero attached hydrogens (tertiary/aromatic N) is 3. The first-order valence-electron chi connectivity index (χ1n) is 16.7. The van der Waals surface area contributed by atoms with E-state index in [1.807, 2.05) is 103 Å². The minimum Gasteiger partial charge on any atom is -0.361 e. The lowest BCUT2D eigenvalue weighted by molar-refractivity contribution is -0.127. The summed E-state index contributed by atoms with van der Waals surface area (Å²) in [4.78, 5) is 50.2. The van der Waals surface area contributed by atoms with Crippen molar-refractivity contribution in [3.05, 3.63) is 101 Å². The summed E-state index contributed by atoms with van der Waals surface area (Å²) in [6.07, 6.45) is 5.96. The number of carbonyl (C=O) groups excluding carboxylic acids is 3. The molecule has 6 rings (SSSR count). The van der Waals surface area contributed by atoms with Crippen LogP contribution in [-0.4, -0.2) is 78.8 Å². The normalized spacial score (nSPS) is 17.5. The predicted molar refractivity (Wildman–Crippen MR) is 188 cm³/mol. The summed E-state index contributed by atoms with van der Waals surface area (Å²) >= 11 is 6.40. The third-order valence-corrected chi connectivity index (χ3v) is 9.84. The van der Waals surface area contributed by atoms with Crippen LogP contribution >= 0.6 is 11.6 Å². The van der Waals surface area contributed by atoms with Crippen molar-refractivity contribution in [2.24, 2.45) is 11.8 Å². The van der Waals surface area contributed by atoms with Crippen LogP contribution in [0.3, 0.4) is 0 Å². The molecule has 246 valence electrons. The molecule has 3 aromatic carbocycles. The molecule has 4 aromatic rings. The van der Waals surface area contributed by atoms with E-state index < -0.39 is 6.04 Å². The van der Waals surface area contributed by atoms with E-state index in [0.717, 1.165) is 59.9 Å². The number of carbonyl (C=O) groups is 3. The molecule has 2 aliphatic rings. The van der Waals surface area contributed by atoms with Crippen molar-refractivity contribution in [2.75, 3.05) is 45.2 Å². The van der Waals surface area contributed by atoms with Gasteiger partial charge in [0, 0.05) is 72.4 Å². The first-order chi connectivity index (χ1) is 22.7. The predicted octanol–water partition coefficient (Wildman–Crippen LogP) is 5.95. The van der Waals surface area contributed by atoms with Gasteiger partial charge in [0.1, 0.15) is 6.04 Å². The Morgan fingerprint density at radius 3 is 2.49 bits per heavy atom. The highest BCUT2D eigenvalue weighted by Crippen LogP contribution is 2.33. The summed E-state index contributed by atoms with van der Waals surface area (Å²) in [5.74, 6) is 0.431. The maximum atomic E-state index is 14.5. The molecule has 2 aliphatic heterocycles. The lowest BCUT2D eigenvalue weighted by Crippen LogP contribution is -2.53. The van der Waals surface area contributed by atoms with E-state index in [0.29, 0.717) is 49.0 Å². The van der Waals surface area contributed by atoms with Gasteiger partial charge in [0.2, 0.25) is 11.8 Å². The van der Waals surface area contributed by atoms with Gasteiger partial charge in [-0.05, 0) is 99.1 Å². The largest absolute Gasteiger partial charge is 0.361 e. The standard InChI is InChI=1S/C38H44ClN5O3/c1-42(2)24-27-20-29-21-31(39)13-14-35(29)44(25-27)38(47)34(22-30-23-40-33-11-7-6-10-32(30)33)41-36(45)15-12-26-16-18-43(19-17-26)37(46)28-8-4-3-5-9-28/h3-11,13-14,21,23,26-27,34,40H,12,15-20,22,24-25H2,1-2H3,(H,41,45)/t27?,34-/m1/s1. The quantitative estimate of drug-likeness (QED) is 0.222. The summed E-state index contributed by atoms with van der Waals surface area (Å²) in [6, 6.07) is 22.4. The molecule has 0 saturated carbocycles. The molecule has 0 aliphatic carbocycles. The monoisotopic (exact) mass is 653 g/mol. The summed E-state index contributed by atoms with van der Waals surface area (Å²) in [6.45, 7) is 2.79. The van der Waals surface area contributed by atoms with E-state index in [4.69, 9.17) is 11.6 Å². The summed E-state index contributed by atoms with van der Waals surface area (Å²) in [5, 5.41) is 4.86. The second-order valence-electron chi connectivity index (χ2n) is 13.4. The third-order valence-electron chi connectivity index (χ3n) is 9.61. The van der Waals surface area contributed by atoms with Gasteiger partial charge >= 0.3 is 0 Å². The summed E-state index contributed by atoms with van der Waals surface area (Å²) in [7, 11) is 4.09. The molecule has 47 heavy (non-hydrogen) atoms. The van der Waals surface area contributed by atoms with Crippen LogP contribution in [0.5, 0.6) is 0 Å². The van der Waals surface area contributed by atoms with Crippen LogP contribution in [0.2, 0.25) is 5.02 Å². The van der Waals surface area contributed by atoms with Crippen molar-refractivity contribution < 1.29 is 14.4 Å². The highest BCUT2D eigenvalue weighted by molar-refractivity contribution is 6.30. The van der Waals surface area contributed by atoms with Gasteiger partial charge in [0.05, 0.1) is 0 Å². The van der Waals surface area contributed by atoms with Gasteiger partial charge in [-0.25, -0.2) is 0 Å². The van der Waals surface area contributed by atoms with Crippen molar-refractivity contribution in [2.45, 2.75) is 44.6 Å². The van der Waals surface area contributed by atoms with Crippen molar-refractivity contribution in [3.63, 3.8) is 0 Å². The molecular weight excluding hydrogens is 610 g/mol. The average molecular weight is 654 g/mol. The number of likely N-dealkylation sites (tertiary alicyclic amines) is 1. The lowest BCUT2D eigenvalue weighted by Gasteiger charge is -2.37. The van der Waals surface area contributed by atoms with E-state index in [2.05, 4.69) is 15.2 Å². The molecule has 3 amide bonds. The average Bonchev–Trinajstić information content (AvgIpc) is 3.49. The zero-order chi connectivity index (χ0) is 32.9. The number of nitrogens with one attached hydrogen (secondary N) is 2. The van der Waals surface area contributed by atoms with E-state index in [-0.39, 0.29) is 23.6 Å². The number of anilines is 1. The van der Waals surface area contributed by atoms with Crippen molar-refractivity contribution in [3.8, 4) is 0 Å². The Morgan fingerprint density at radius 1 is 0.979 bits per heavy atom. The number of fused-ring (bicyclic) bond motifs is 2. The van der Waals surface area contributed by atoms with Crippen LogP contribution in [0.4, 0.5) is 5.69 Å². The number of aromatic nitrogens is 1. The van der Waals surface area contributed by atoms with E-state index >= 15 is 0 Å². The number of aromatic amines is 1. The first-order valence-corrected chi connectivity index (χ1v) is 17.1. The Labute approximate surface area is 282 Å². The van der Waals surface area contributed by atoms with Gasteiger partial charge in [-0.3, -0.25) is 14.4 Å². The van der Waals surface area contributed by atoms with Gasteiger partial charge in [0.25, 0.3) is 5.91 Å². The SMILES string of the molecule is CN(C)CC1Cc2cc(Cl)ccc2N(C(=O)[C@@H](Cc2c[nH]c3ccccc23)NC(=O)CCC2CCN(C(=O)c3ccccc3)CC2)C1. The van der Waals surface area contributed by atoms with Crippen LogP contribution in [-0.2, 0) is 22.4 Å². The Bertz CT molecular complexity index is 1710. The smallest absolute Gasteiger partial charge is 0.253 e. The van der Waals surface area contributed by atoms with Crippen molar-refractivity contribution in [1.82, 2.24) is 20.1 Å². The fraction of sp³-hybridized carbons (Fsp3) is 0.395. The number of amides is 3. The molecule has 8 nitrogen and oxygen atoms in total. The number of hydrogen-bond acceptors (Lipinski definition) is 4. The Balaban J connectivity index is 1.15. The molecule has 0 radical (unpaired) electrons. The number of hydrogen-bond donors (Lipinski definition) is 2. The molecule has 2 atom stereocenters. The molecule has 9 heteroatoms. The molecule has 3 heterocycles. The highest BCUT2D eigenvalue weighted by Gasteiger charge is 2.34. The fourth-order valence-corrected chi connectivity index (χ4v) is 7.45. The molecule has 1 fully saturated rings. The van der Waals surface area contributed by atoms with Crippen molar-refractivity contribution in [1.29, 1.82) is 0 Å². The Morgan fingerprint density at radius 2 is 1.72 bits per heavy atom. The maximum Gasteiger partial charge on any atom is 0.253 e. The Kier molecular flexibility index (Phi) is 10.3. The first kappa shape index (κ1) is 32.8. The second-order valence-corrected chi connectivity index (χ2v) is 13.8. The van der Waals surface area contributed by atoms with Gasteiger partial charge in [-0.2, -0.15) is 0 Å². The minimum atomic E-state index is -0.728. The van der Waals surface area contributed by atoms with E-state index in [9.17, 15) is 14.4 Å². The molecule has 1 aromatic heterocycles. The summed E-state index contributed by atoms with van der Waals surface area (Å²) < 4.78 is 0. The third kappa shape index (κ3) is 7.88. The number of benzene rings is 3. The number of rotatable bonds is 10. The topological polar surface area (TPSA) is 88.8 Å². The fourth-order valence-electron chi connectivity index (χ4n) is 7.26. The zero-order valence-corrected chi connectivity index (χ0v) is 28.0. The zero-order valence-electron chi connectivity index (χ0n) is 27.3. The molecule has 1 unspecified atom stereocenters. The van der Waals surface area contributed by atoms with Crippen LogP contribution in [0.25, 0.3) is 10.9 Å². The van der Waals surface area contributed by atoms with Gasteiger partial charge in [0.15, 0.2) is 0 Å². The molecule has 1 saturated heterocycles. The second kappa shape index (κ2) is 14.7. The van der Waals surface area contributed by atoms with Crippen LogP contribution in [0.15, 0.2) is 79.0 Å². The molecule has 0 bridgehead atoms.